The molecule has 2 aliphatic heterocycles. The Morgan fingerprint density at radius 3 is 2.87 bits per heavy atom. The van der Waals surface area contributed by atoms with Gasteiger partial charge in [0, 0.05) is 19.1 Å². The van der Waals surface area contributed by atoms with Gasteiger partial charge in [0.1, 0.15) is 0 Å². The number of hydrogen-bond donors (Lipinski definition) is 2. The summed E-state index contributed by atoms with van der Waals surface area (Å²) in [6, 6.07) is 0.288. The van der Waals surface area contributed by atoms with Gasteiger partial charge in [0.25, 0.3) is 0 Å². The summed E-state index contributed by atoms with van der Waals surface area (Å²) in [6.45, 7) is 4.35. The Kier molecular flexibility index (Phi) is 3.26. The van der Waals surface area contributed by atoms with Crippen molar-refractivity contribution in [3.63, 3.8) is 0 Å². The van der Waals surface area contributed by atoms with Crippen molar-refractivity contribution in [3.05, 3.63) is 0 Å². The molecule has 86 valence electrons. The Morgan fingerprint density at radius 2 is 2.27 bits per heavy atom. The lowest BCUT2D eigenvalue weighted by atomic mass is 9.98. The van der Waals surface area contributed by atoms with Crippen LogP contribution in [0.25, 0.3) is 0 Å². The van der Waals surface area contributed by atoms with Crippen LogP contribution in [0.5, 0.6) is 0 Å². The van der Waals surface area contributed by atoms with Crippen LogP contribution < -0.4 is 5.32 Å². The number of nitrogens with one attached hydrogen (secondary N) is 1. The van der Waals surface area contributed by atoms with Crippen molar-refractivity contribution >= 4 is 5.91 Å². The summed E-state index contributed by atoms with van der Waals surface area (Å²) in [5.74, 6) is 0.349. The summed E-state index contributed by atoms with van der Waals surface area (Å²) < 4.78 is 0. The van der Waals surface area contributed by atoms with Crippen LogP contribution >= 0.6 is 0 Å². The molecule has 0 aromatic carbocycles. The van der Waals surface area contributed by atoms with Gasteiger partial charge in [-0.05, 0) is 32.7 Å². The first-order valence-corrected chi connectivity index (χ1v) is 5.88. The van der Waals surface area contributed by atoms with Crippen molar-refractivity contribution in [3.8, 4) is 0 Å². The molecule has 3 atom stereocenters. The maximum Gasteiger partial charge on any atom is 0.227 e. The van der Waals surface area contributed by atoms with Gasteiger partial charge in [-0.3, -0.25) is 4.79 Å². The van der Waals surface area contributed by atoms with Crippen LogP contribution in [-0.2, 0) is 4.79 Å². The van der Waals surface area contributed by atoms with Crippen LogP contribution in [0.1, 0.15) is 26.2 Å². The molecule has 0 spiro atoms. The van der Waals surface area contributed by atoms with Gasteiger partial charge >= 0.3 is 0 Å². The van der Waals surface area contributed by atoms with Gasteiger partial charge in [-0.1, -0.05) is 0 Å². The van der Waals surface area contributed by atoms with Crippen LogP contribution in [0, 0.1) is 5.92 Å². The van der Waals surface area contributed by atoms with E-state index in [0.717, 1.165) is 32.4 Å². The average Bonchev–Trinajstić information content (AvgIpc) is 2.63. The van der Waals surface area contributed by atoms with Gasteiger partial charge in [-0.25, -0.2) is 0 Å². The second-order valence-electron chi connectivity index (χ2n) is 4.72. The highest BCUT2D eigenvalue weighted by Gasteiger charge is 2.34. The van der Waals surface area contributed by atoms with Gasteiger partial charge in [0.05, 0.1) is 12.0 Å². The molecular weight excluding hydrogens is 192 g/mol. The van der Waals surface area contributed by atoms with E-state index in [4.69, 9.17) is 0 Å². The summed E-state index contributed by atoms with van der Waals surface area (Å²) in [5, 5.41) is 12.8. The predicted octanol–water partition coefficient (Wildman–Crippen LogP) is -0.0323. The number of likely N-dealkylation sites (tertiary alicyclic amines) is 1. The maximum atomic E-state index is 12.1. The summed E-state index contributed by atoms with van der Waals surface area (Å²) in [6.07, 6.45) is 2.39. The Morgan fingerprint density at radius 1 is 1.47 bits per heavy atom. The molecule has 4 nitrogen and oxygen atoms in total. The lowest BCUT2D eigenvalue weighted by molar-refractivity contribution is -0.138. The minimum atomic E-state index is -0.313. The Bertz CT molecular complexity index is 245. The van der Waals surface area contributed by atoms with E-state index in [2.05, 4.69) is 12.2 Å². The van der Waals surface area contributed by atoms with Crippen molar-refractivity contribution in [1.29, 1.82) is 0 Å². The monoisotopic (exact) mass is 212 g/mol. The molecule has 2 fully saturated rings. The van der Waals surface area contributed by atoms with Gasteiger partial charge < -0.3 is 15.3 Å². The Hall–Kier alpha value is -0.610. The van der Waals surface area contributed by atoms with Crippen LogP contribution in [-0.4, -0.2) is 47.7 Å². The largest absolute Gasteiger partial charge is 0.391 e. The topological polar surface area (TPSA) is 52.6 Å². The van der Waals surface area contributed by atoms with E-state index in [1.165, 1.54) is 0 Å². The van der Waals surface area contributed by atoms with Crippen LogP contribution in [0.4, 0.5) is 0 Å². The number of carbonyl (C=O) groups excluding carboxylic acids is 1. The third-order valence-electron chi connectivity index (χ3n) is 3.55. The quantitative estimate of drug-likeness (QED) is 0.641. The molecule has 2 unspecified atom stereocenters. The molecule has 0 bridgehead atoms. The smallest absolute Gasteiger partial charge is 0.227 e. The molecule has 2 aliphatic rings. The van der Waals surface area contributed by atoms with Crippen molar-refractivity contribution in [2.24, 2.45) is 5.92 Å². The molecule has 0 saturated carbocycles. The molecule has 2 rings (SSSR count). The molecule has 0 aromatic rings. The lowest BCUT2D eigenvalue weighted by Crippen LogP contribution is -2.46. The van der Waals surface area contributed by atoms with E-state index in [0.29, 0.717) is 6.54 Å². The van der Waals surface area contributed by atoms with E-state index in [-0.39, 0.29) is 24.0 Å². The molecule has 15 heavy (non-hydrogen) atoms. The third-order valence-corrected chi connectivity index (χ3v) is 3.55. The molecule has 0 aromatic heterocycles. The number of β-amino-alcohol motifs (C(OH)–C–C–N with tert-alkyl or cyclic N) is 1. The number of carbonyl (C=O) groups is 1. The van der Waals surface area contributed by atoms with Gasteiger partial charge in [0.15, 0.2) is 0 Å². The fourth-order valence-electron chi connectivity index (χ4n) is 2.59. The van der Waals surface area contributed by atoms with E-state index < -0.39 is 0 Å². The second-order valence-corrected chi connectivity index (χ2v) is 4.72. The fraction of sp³-hybridized carbons (Fsp3) is 0.909. The van der Waals surface area contributed by atoms with Crippen molar-refractivity contribution in [2.75, 3.05) is 19.6 Å². The molecule has 2 N–H and O–H groups in total. The minimum absolute atomic E-state index is 0.121. The van der Waals surface area contributed by atoms with Crippen LogP contribution in [0.15, 0.2) is 0 Å². The average molecular weight is 212 g/mol. The summed E-state index contributed by atoms with van der Waals surface area (Å²) in [4.78, 5) is 14.0. The molecule has 0 aliphatic carbocycles. The standard InChI is InChI=1S/C11H20N2O2/c1-8-10(4-5-12-8)11(15)13-6-2-3-9(14)7-13/h8-10,12,14H,2-7H2,1H3/t8?,9-,10?/m0/s1. The normalized spacial score (nSPS) is 36.9. The number of aliphatic hydroxyl groups excluding tert-OH is 1. The zero-order valence-electron chi connectivity index (χ0n) is 9.28. The van der Waals surface area contributed by atoms with Gasteiger partial charge in [-0.15, -0.1) is 0 Å². The predicted molar refractivity (Wildman–Crippen MR) is 57.4 cm³/mol. The second kappa shape index (κ2) is 4.49. The van der Waals surface area contributed by atoms with Crippen molar-refractivity contribution in [1.82, 2.24) is 10.2 Å². The zero-order chi connectivity index (χ0) is 10.8. The van der Waals surface area contributed by atoms with Crippen molar-refractivity contribution < 1.29 is 9.90 Å². The Labute approximate surface area is 90.6 Å². The molecule has 2 saturated heterocycles. The summed E-state index contributed by atoms with van der Waals surface area (Å²) in [7, 11) is 0. The lowest BCUT2D eigenvalue weighted by Gasteiger charge is -2.32. The number of nitrogens with zero attached hydrogens (tertiary/aromatic N) is 1. The number of amides is 1. The van der Waals surface area contributed by atoms with E-state index in [1.54, 1.807) is 0 Å². The number of rotatable bonds is 1. The van der Waals surface area contributed by atoms with E-state index in [1.807, 2.05) is 4.90 Å². The summed E-state index contributed by atoms with van der Waals surface area (Å²) >= 11 is 0. The SMILES string of the molecule is CC1NCCC1C(=O)N1CCC[C@H](O)C1. The zero-order valence-corrected chi connectivity index (χ0v) is 9.28. The van der Waals surface area contributed by atoms with Crippen molar-refractivity contribution in [2.45, 2.75) is 38.3 Å². The first-order chi connectivity index (χ1) is 7.18. The highest BCUT2D eigenvalue weighted by atomic mass is 16.3. The number of aliphatic hydroxyl groups is 1. The highest BCUT2D eigenvalue weighted by molar-refractivity contribution is 5.80. The van der Waals surface area contributed by atoms with Gasteiger partial charge in [0.2, 0.25) is 5.91 Å². The maximum absolute atomic E-state index is 12.1. The van der Waals surface area contributed by atoms with Crippen LogP contribution in [0.2, 0.25) is 0 Å². The van der Waals surface area contributed by atoms with E-state index in [9.17, 15) is 9.90 Å². The number of piperidine rings is 1. The summed E-state index contributed by atoms with van der Waals surface area (Å²) in [5.41, 5.74) is 0. The highest BCUT2D eigenvalue weighted by Crippen LogP contribution is 2.20. The Balaban J connectivity index is 1.94. The number of hydrogen-bond acceptors (Lipinski definition) is 3. The molecular formula is C11H20N2O2. The van der Waals surface area contributed by atoms with Crippen LogP contribution in [0.3, 0.4) is 0 Å². The molecule has 1 amide bonds. The molecule has 4 heteroatoms. The third kappa shape index (κ3) is 2.32. The van der Waals surface area contributed by atoms with Gasteiger partial charge in [-0.2, -0.15) is 0 Å². The van der Waals surface area contributed by atoms with E-state index >= 15 is 0 Å². The fourth-order valence-corrected chi connectivity index (χ4v) is 2.59. The first kappa shape index (κ1) is 10.9. The molecule has 2 heterocycles. The molecule has 0 radical (unpaired) electrons. The first-order valence-electron chi connectivity index (χ1n) is 5.88. The minimum Gasteiger partial charge on any atom is -0.391 e.